The summed E-state index contributed by atoms with van der Waals surface area (Å²) in [5, 5.41) is 6.61. The van der Waals surface area contributed by atoms with Gasteiger partial charge in [0.25, 0.3) is 0 Å². The summed E-state index contributed by atoms with van der Waals surface area (Å²) in [6.45, 7) is 4.06. The maximum absolute atomic E-state index is 4.38. The maximum atomic E-state index is 4.38. The quantitative estimate of drug-likeness (QED) is 0.679. The normalized spacial score (nSPS) is 15.2. The van der Waals surface area contributed by atoms with Gasteiger partial charge in [-0.2, -0.15) is 0 Å². The second-order valence-corrected chi connectivity index (χ2v) is 5.25. The van der Waals surface area contributed by atoms with E-state index in [1.807, 2.05) is 18.3 Å². The number of anilines is 3. The molecule has 4 heterocycles. The van der Waals surface area contributed by atoms with Crippen molar-refractivity contribution in [1.82, 2.24) is 25.3 Å². The van der Waals surface area contributed by atoms with Crippen molar-refractivity contribution in [2.75, 3.05) is 36.4 Å². The van der Waals surface area contributed by atoms with Crippen LogP contribution in [0, 0.1) is 0 Å². The molecule has 7 nitrogen and oxygen atoms in total. The molecule has 0 aliphatic carbocycles. The summed E-state index contributed by atoms with van der Waals surface area (Å²) in [6.07, 6.45) is 5.26. The van der Waals surface area contributed by atoms with Crippen LogP contribution in [-0.4, -0.2) is 46.1 Å². The van der Waals surface area contributed by atoms with Gasteiger partial charge in [-0.3, -0.25) is 0 Å². The monoisotopic (exact) mass is 295 g/mol. The zero-order valence-corrected chi connectivity index (χ0v) is 12.1. The summed E-state index contributed by atoms with van der Waals surface area (Å²) in [5.74, 6) is 1.53. The number of hydrogen-bond donors (Lipinski definition) is 3. The van der Waals surface area contributed by atoms with Gasteiger partial charge in [0.05, 0.1) is 23.6 Å². The highest BCUT2D eigenvalue weighted by Gasteiger charge is 2.11. The van der Waals surface area contributed by atoms with Crippen LogP contribution in [0.15, 0.2) is 36.9 Å². The average molecular weight is 295 g/mol. The summed E-state index contributed by atoms with van der Waals surface area (Å²) < 4.78 is 0. The van der Waals surface area contributed by atoms with E-state index >= 15 is 0 Å². The summed E-state index contributed by atoms with van der Waals surface area (Å²) in [6, 6.07) is 6.01. The first-order valence-corrected chi connectivity index (χ1v) is 7.36. The van der Waals surface area contributed by atoms with E-state index in [1.165, 1.54) is 5.69 Å². The van der Waals surface area contributed by atoms with Gasteiger partial charge in [0.2, 0.25) is 0 Å². The summed E-state index contributed by atoms with van der Waals surface area (Å²) >= 11 is 0. The van der Waals surface area contributed by atoms with E-state index in [2.05, 4.69) is 41.5 Å². The molecule has 3 aromatic heterocycles. The Morgan fingerprint density at radius 3 is 2.82 bits per heavy atom. The van der Waals surface area contributed by atoms with Crippen LogP contribution in [0.25, 0.3) is 11.0 Å². The predicted molar refractivity (Wildman–Crippen MR) is 86.5 cm³/mol. The molecule has 112 valence electrons. The molecular formula is C15H17N7. The van der Waals surface area contributed by atoms with Gasteiger partial charge in [-0.05, 0) is 6.07 Å². The number of aromatic nitrogens is 4. The Bertz CT molecular complexity index is 776. The van der Waals surface area contributed by atoms with Crippen LogP contribution < -0.4 is 15.5 Å². The van der Waals surface area contributed by atoms with Crippen molar-refractivity contribution in [1.29, 1.82) is 0 Å². The molecule has 0 unspecified atom stereocenters. The van der Waals surface area contributed by atoms with Crippen LogP contribution >= 0.6 is 0 Å². The third kappa shape index (κ3) is 2.58. The van der Waals surface area contributed by atoms with Crippen LogP contribution in [0.2, 0.25) is 0 Å². The molecule has 0 atom stereocenters. The zero-order valence-electron chi connectivity index (χ0n) is 12.1. The minimum absolute atomic E-state index is 0.740. The van der Waals surface area contributed by atoms with Gasteiger partial charge in [-0.1, -0.05) is 0 Å². The van der Waals surface area contributed by atoms with Crippen LogP contribution in [0.3, 0.4) is 0 Å². The van der Waals surface area contributed by atoms with Gasteiger partial charge in [0.1, 0.15) is 11.6 Å². The molecule has 0 aromatic carbocycles. The molecule has 0 amide bonds. The molecule has 1 aliphatic heterocycles. The van der Waals surface area contributed by atoms with E-state index in [-0.39, 0.29) is 0 Å². The van der Waals surface area contributed by atoms with Crippen molar-refractivity contribution in [3.63, 3.8) is 0 Å². The second-order valence-electron chi connectivity index (χ2n) is 5.25. The first-order chi connectivity index (χ1) is 10.9. The summed E-state index contributed by atoms with van der Waals surface area (Å²) in [4.78, 5) is 18.4. The van der Waals surface area contributed by atoms with Gasteiger partial charge < -0.3 is 20.5 Å². The third-order valence-corrected chi connectivity index (χ3v) is 3.79. The van der Waals surface area contributed by atoms with Crippen molar-refractivity contribution in [2.24, 2.45) is 0 Å². The minimum atomic E-state index is 0.740. The van der Waals surface area contributed by atoms with Crippen molar-refractivity contribution in [2.45, 2.75) is 0 Å². The number of hydrogen-bond acceptors (Lipinski definition) is 6. The molecule has 0 saturated carbocycles. The van der Waals surface area contributed by atoms with Crippen LogP contribution in [0.1, 0.15) is 0 Å². The summed E-state index contributed by atoms with van der Waals surface area (Å²) in [5.41, 5.74) is 2.99. The predicted octanol–water partition coefficient (Wildman–Crippen LogP) is 1.51. The van der Waals surface area contributed by atoms with E-state index in [1.54, 1.807) is 12.5 Å². The second kappa shape index (κ2) is 5.61. The molecule has 0 bridgehead atoms. The molecule has 0 spiro atoms. The Hall–Kier alpha value is -2.67. The van der Waals surface area contributed by atoms with E-state index in [9.17, 15) is 0 Å². The van der Waals surface area contributed by atoms with E-state index in [0.717, 1.165) is 48.8 Å². The molecule has 0 radical (unpaired) electrons. The van der Waals surface area contributed by atoms with E-state index in [0.29, 0.717) is 0 Å². The average Bonchev–Trinajstić information content (AvgIpc) is 3.04. The molecule has 3 aromatic rings. The van der Waals surface area contributed by atoms with Gasteiger partial charge in [0, 0.05) is 50.2 Å². The largest absolute Gasteiger partial charge is 0.369 e. The van der Waals surface area contributed by atoms with Gasteiger partial charge in [-0.15, -0.1) is 0 Å². The van der Waals surface area contributed by atoms with Crippen molar-refractivity contribution >= 4 is 28.4 Å². The van der Waals surface area contributed by atoms with Crippen molar-refractivity contribution < 1.29 is 0 Å². The number of nitrogens with zero attached hydrogens (tertiary/aromatic N) is 4. The molecule has 3 N–H and O–H groups in total. The lowest BCUT2D eigenvalue weighted by Crippen LogP contribution is -2.43. The standard InChI is InChI=1S/C15H17N7/c1-2-17-14(7-11(1)22-5-3-16-4-6-22)21-15-8-12-13(9-18-15)20-10-19-12/h1-2,7-10,16H,3-6H2,(H,19,20)(H,17,18,21). The van der Waals surface area contributed by atoms with Crippen molar-refractivity contribution in [3.8, 4) is 0 Å². The Morgan fingerprint density at radius 1 is 1.05 bits per heavy atom. The number of pyridine rings is 2. The number of imidazole rings is 1. The maximum Gasteiger partial charge on any atom is 0.133 e. The van der Waals surface area contributed by atoms with E-state index in [4.69, 9.17) is 0 Å². The molecule has 1 fully saturated rings. The number of nitrogens with one attached hydrogen (secondary N) is 3. The lowest BCUT2D eigenvalue weighted by molar-refractivity contribution is 0.589. The SMILES string of the molecule is c1cc(N2CCNCC2)cc(Nc2cc3nc[nH]c3cn2)n1. The third-order valence-electron chi connectivity index (χ3n) is 3.79. The molecular weight excluding hydrogens is 278 g/mol. The lowest BCUT2D eigenvalue weighted by Gasteiger charge is -2.29. The first kappa shape index (κ1) is 13.0. The number of H-pyrrole nitrogens is 1. The minimum Gasteiger partial charge on any atom is -0.369 e. The van der Waals surface area contributed by atoms with Crippen molar-refractivity contribution in [3.05, 3.63) is 36.9 Å². The number of fused-ring (bicyclic) bond motifs is 1. The van der Waals surface area contributed by atoms with Crippen LogP contribution in [0.5, 0.6) is 0 Å². The Morgan fingerprint density at radius 2 is 1.91 bits per heavy atom. The Balaban J connectivity index is 1.56. The molecule has 1 aliphatic rings. The Labute approximate surface area is 127 Å². The zero-order chi connectivity index (χ0) is 14.8. The highest BCUT2D eigenvalue weighted by Crippen LogP contribution is 2.21. The van der Waals surface area contributed by atoms with E-state index < -0.39 is 0 Å². The number of piperazine rings is 1. The highest BCUT2D eigenvalue weighted by molar-refractivity contribution is 5.77. The van der Waals surface area contributed by atoms with Gasteiger partial charge >= 0.3 is 0 Å². The van der Waals surface area contributed by atoms with Gasteiger partial charge in [0.15, 0.2) is 0 Å². The Kier molecular flexibility index (Phi) is 3.32. The fraction of sp³-hybridized carbons (Fsp3) is 0.267. The summed E-state index contributed by atoms with van der Waals surface area (Å²) in [7, 11) is 0. The molecule has 1 saturated heterocycles. The van der Waals surface area contributed by atoms with Gasteiger partial charge in [-0.25, -0.2) is 15.0 Å². The topological polar surface area (TPSA) is 81.8 Å². The highest BCUT2D eigenvalue weighted by atomic mass is 15.2. The molecule has 4 rings (SSSR count). The first-order valence-electron chi connectivity index (χ1n) is 7.36. The fourth-order valence-electron chi connectivity index (χ4n) is 2.64. The number of aromatic amines is 1. The molecule has 22 heavy (non-hydrogen) atoms. The van der Waals surface area contributed by atoms with Crippen LogP contribution in [0.4, 0.5) is 17.3 Å². The lowest BCUT2D eigenvalue weighted by atomic mass is 10.3. The smallest absolute Gasteiger partial charge is 0.133 e. The van der Waals surface area contributed by atoms with Crippen LogP contribution in [-0.2, 0) is 0 Å². The molecule has 7 heteroatoms. The number of rotatable bonds is 3. The fourth-order valence-corrected chi connectivity index (χ4v) is 2.64.